The van der Waals surface area contributed by atoms with Crippen molar-refractivity contribution in [2.75, 3.05) is 18.0 Å². The molecule has 3 nitrogen and oxygen atoms in total. The molecule has 1 amide bonds. The van der Waals surface area contributed by atoms with E-state index >= 15 is 0 Å². The van der Waals surface area contributed by atoms with Crippen molar-refractivity contribution in [3.05, 3.63) is 29.3 Å². The number of amides is 1. The molecule has 2 aliphatic heterocycles. The molecule has 1 N–H and O–H groups in total. The minimum absolute atomic E-state index is 0.209. The average Bonchev–Trinajstić information content (AvgIpc) is 2.29. The third-order valence-corrected chi connectivity index (χ3v) is 3.53. The van der Waals surface area contributed by atoms with E-state index in [1.807, 2.05) is 4.90 Å². The molecule has 2 aliphatic rings. The minimum Gasteiger partial charge on any atom is -0.307 e. The van der Waals surface area contributed by atoms with Gasteiger partial charge in [0.25, 0.3) is 0 Å². The molecule has 0 aromatic heterocycles. The number of piperazine rings is 1. The number of benzene rings is 1. The first-order valence-electron chi connectivity index (χ1n) is 5.88. The zero-order valence-electron chi connectivity index (χ0n) is 9.49. The Balaban J connectivity index is 2.06. The summed E-state index contributed by atoms with van der Waals surface area (Å²) >= 11 is 0. The van der Waals surface area contributed by atoms with E-state index in [9.17, 15) is 4.79 Å². The molecule has 0 radical (unpaired) electrons. The highest BCUT2D eigenvalue weighted by Gasteiger charge is 2.33. The number of hydrogen-bond acceptors (Lipinski definition) is 2. The van der Waals surface area contributed by atoms with E-state index in [-0.39, 0.29) is 5.91 Å². The molecule has 0 spiro atoms. The highest BCUT2D eigenvalue weighted by Crippen LogP contribution is 2.32. The number of carbonyl (C=O) groups excluding carboxylic acids is 1. The van der Waals surface area contributed by atoms with Gasteiger partial charge in [-0.2, -0.15) is 0 Å². The van der Waals surface area contributed by atoms with E-state index in [0.29, 0.717) is 12.6 Å². The van der Waals surface area contributed by atoms with E-state index in [2.05, 4.69) is 30.4 Å². The Kier molecular flexibility index (Phi) is 2.21. The van der Waals surface area contributed by atoms with Gasteiger partial charge in [0.05, 0.1) is 6.54 Å². The summed E-state index contributed by atoms with van der Waals surface area (Å²) in [6.45, 7) is 3.51. The summed E-state index contributed by atoms with van der Waals surface area (Å²) in [6.07, 6.45) is 2.17. The zero-order valence-corrected chi connectivity index (χ0v) is 9.49. The first-order valence-corrected chi connectivity index (χ1v) is 5.88. The van der Waals surface area contributed by atoms with Crippen LogP contribution in [0.25, 0.3) is 0 Å². The first-order chi connectivity index (χ1) is 7.75. The first kappa shape index (κ1) is 9.85. The molecule has 3 rings (SSSR count). The van der Waals surface area contributed by atoms with E-state index < -0.39 is 0 Å². The third-order valence-electron chi connectivity index (χ3n) is 3.53. The third kappa shape index (κ3) is 1.43. The van der Waals surface area contributed by atoms with Crippen LogP contribution < -0.4 is 10.2 Å². The summed E-state index contributed by atoms with van der Waals surface area (Å²) in [4.78, 5) is 13.9. The Morgan fingerprint density at radius 1 is 1.44 bits per heavy atom. The summed E-state index contributed by atoms with van der Waals surface area (Å²) < 4.78 is 0. The molecule has 84 valence electrons. The Bertz CT molecular complexity index is 442. The Morgan fingerprint density at radius 3 is 3.19 bits per heavy atom. The van der Waals surface area contributed by atoms with Crippen LogP contribution in [0.3, 0.4) is 0 Å². The second-order valence-electron chi connectivity index (χ2n) is 4.72. The van der Waals surface area contributed by atoms with Crippen LogP contribution in [0, 0.1) is 6.92 Å². The fourth-order valence-corrected chi connectivity index (χ4v) is 2.76. The van der Waals surface area contributed by atoms with Crippen LogP contribution in [-0.4, -0.2) is 25.0 Å². The summed E-state index contributed by atoms with van der Waals surface area (Å²) in [5.74, 6) is 0.209. The lowest BCUT2D eigenvalue weighted by atomic mass is 9.93. The normalized spacial score (nSPS) is 23.9. The van der Waals surface area contributed by atoms with Gasteiger partial charge in [0.1, 0.15) is 0 Å². The molecule has 1 aromatic rings. The van der Waals surface area contributed by atoms with E-state index in [4.69, 9.17) is 0 Å². The average molecular weight is 216 g/mol. The number of rotatable bonds is 0. The van der Waals surface area contributed by atoms with Crippen molar-refractivity contribution >= 4 is 11.6 Å². The summed E-state index contributed by atoms with van der Waals surface area (Å²) in [5, 5.41) is 3.18. The summed E-state index contributed by atoms with van der Waals surface area (Å²) in [5.41, 5.74) is 3.74. The van der Waals surface area contributed by atoms with E-state index in [1.165, 1.54) is 11.1 Å². The number of nitrogens with one attached hydrogen (secondary N) is 1. The number of carbonyl (C=O) groups is 1. The SMILES string of the molecule is Cc1ccc2c(c1)CCC1CNCC(=O)N21. The van der Waals surface area contributed by atoms with Gasteiger partial charge in [0.2, 0.25) is 5.91 Å². The van der Waals surface area contributed by atoms with E-state index in [0.717, 1.165) is 25.1 Å². The molecule has 1 fully saturated rings. The van der Waals surface area contributed by atoms with Crippen LogP contribution in [0.2, 0.25) is 0 Å². The number of fused-ring (bicyclic) bond motifs is 3. The van der Waals surface area contributed by atoms with E-state index in [1.54, 1.807) is 0 Å². The lowest BCUT2D eigenvalue weighted by Gasteiger charge is -2.40. The number of nitrogens with zero attached hydrogens (tertiary/aromatic N) is 1. The van der Waals surface area contributed by atoms with Crippen molar-refractivity contribution < 1.29 is 4.79 Å². The van der Waals surface area contributed by atoms with Gasteiger partial charge in [-0.1, -0.05) is 17.7 Å². The molecule has 1 saturated heterocycles. The van der Waals surface area contributed by atoms with Crippen LogP contribution >= 0.6 is 0 Å². The Morgan fingerprint density at radius 2 is 2.31 bits per heavy atom. The van der Waals surface area contributed by atoms with Crippen molar-refractivity contribution in [3.8, 4) is 0 Å². The van der Waals surface area contributed by atoms with Crippen LogP contribution in [0.15, 0.2) is 18.2 Å². The fraction of sp³-hybridized carbons (Fsp3) is 0.462. The predicted molar refractivity (Wildman–Crippen MR) is 63.6 cm³/mol. The molecular weight excluding hydrogens is 200 g/mol. The molecule has 1 atom stereocenters. The fourth-order valence-electron chi connectivity index (χ4n) is 2.76. The van der Waals surface area contributed by atoms with Gasteiger partial charge in [-0.25, -0.2) is 0 Å². The summed E-state index contributed by atoms with van der Waals surface area (Å²) in [7, 11) is 0. The van der Waals surface area contributed by atoms with Crippen molar-refractivity contribution in [3.63, 3.8) is 0 Å². The smallest absolute Gasteiger partial charge is 0.241 e. The van der Waals surface area contributed by atoms with Gasteiger partial charge in [0.15, 0.2) is 0 Å². The maximum atomic E-state index is 11.9. The van der Waals surface area contributed by atoms with Gasteiger partial charge in [0, 0.05) is 18.3 Å². The largest absolute Gasteiger partial charge is 0.307 e. The standard InChI is InChI=1S/C13H16N2O/c1-9-2-5-12-10(6-9)3-4-11-7-14-8-13(16)15(11)12/h2,5-6,11,14H,3-4,7-8H2,1H3. The zero-order chi connectivity index (χ0) is 11.1. The molecule has 1 unspecified atom stereocenters. The van der Waals surface area contributed by atoms with Gasteiger partial charge in [-0.15, -0.1) is 0 Å². The second-order valence-corrected chi connectivity index (χ2v) is 4.72. The lowest BCUT2D eigenvalue weighted by molar-refractivity contribution is -0.119. The minimum atomic E-state index is 0.209. The maximum Gasteiger partial charge on any atom is 0.241 e. The second kappa shape index (κ2) is 3.59. The predicted octanol–water partition coefficient (Wildman–Crippen LogP) is 1.25. The monoisotopic (exact) mass is 216 g/mol. The Hall–Kier alpha value is -1.35. The Labute approximate surface area is 95.4 Å². The molecule has 3 heteroatoms. The van der Waals surface area contributed by atoms with Crippen molar-refractivity contribution in [1.82, 2.24) is 5.32 Å². The van der Waals surface area contributed by atoms with Crippen LogP contribution in [-0.2, 0) is 11.2 Å². The number of aryl methyl sites for hydroxylation is 2. The van der Waals surface area contributed by atoms with Crippen molar-refractivity contribution in [2.45, 2.75) is 25.8 Å². The van der Waals surface area contributed by atoms with Crippen LogP contribution in [0.4, 0.5) is 5.69 Å². The molecule has 0 saturated carbocycles. The van der Waals surface area contributed by atoms with Gasteiger partial charge in [-0.05, 0) is 31.4 Å². The highest BCUT2D eigenvalue weighted by atomic mass is 16.2. The van der Waals surface area contributed by atoms with Gasteiger partial charge in [-0.3, -0.25) is 4.79 Å². The number of anilines is 1. The topological polar surface area (TPSA) is 32.3 Å². The molecule has 1 aromatic carbocycles. The maximum absolute atomic E-state index is 11.9. The molecule has 0 bridgehead atoms. The van der Waals surface area contributed by atoms with Crippen molar-refractivity contribution in [1.29, 1.82) is 0 Å². The summed E-state index contributed by atoms with van der Waals surface area (Å²) in [6, 6.07) is 6.76. The van der Waals surface area contributed by atoms with Crippen LogP contribution in [0.1, 0.15) is 17.5 Å². The van der Waals surface area contributed by atoms with Gasteiger partial charge < -0.3 is 10.2 Å². The van der Waals surface area contributed by atoms with Crippen molar-refractivity contribution in [2.24, 2.45) is 0 Å². The highest BCUT2D eigenvalue weighted by molar-refractivity contribution is 5.97. The molecular formula is C13H16N2O. The molecule has 2 heterocycles. The van der Waals surface area contributed by atoms with Gasteiger partial charge >= 0.3 is 0 Å². The molecule has 16 heavy (non-hydrogen) atoms. The lowest BCUT2D eigenvalue weighted by Crippen LogP contribution is -2.56. The van der Waals surface area contributed by atoms with Crippen LogP contribution in [0.5, 0.6) is 0 Å². The number of hydrogen-bond donors (Lipinski definition) is 1. The quantitative estimate of drug-likeness (QED) is 0.708. The molecule has 0 aliphatic carbocycles.